The van der Waals surface area contributed by atoms with Gasteiger partial charge in [-0.05, 0) is 43.4 Å². The molecule has 8 nitrogen and oxygen atoms in total. The molecule has 1 aromatic carbocycles. The number of anilines is 2. The maximum atomic E-state index is 15.4. The minimum atomic E-state index is -4.41. The molecule has 1 amide bonds. The molecule has 2 aromatic rings. The lowest BCUT2D eigenvalue weighted by Gasteiger charge is -2.39. The molecule has 5 N–H and O–H groups in total. The molecule has 0 radical (unpaired) electrons. The molecule has 0 spiro atoms. The number of amides is 1. The van der Waals surface area contributed by atoms with Crippen LogP contribution in [0.25, 0.3) is 0 Å². The van der Waals surface area contributed by atoms with E-state index in [0.717, 1.165) is 25.0 Å². The summed E-state index contributed by atoms with van der Waals surface area (Å²) >= 11 is 0. The van der Waals surface area contributed by atoms with Crippen LogP contribution in [0.5, 0.6) is 0 Å². The Kier molecular flexibility index (Phi) is 8.40. The molecule has 2 heterocycles. The first kappa shape index (κ1) is 27.6. The van der Waals surface area contributed by atoms with Gasteiger partial charge in [0, 0.05) is 37.8 Å². The SMILES string of the molecule is C.NC(=O)CN1CCC(N)(CNc2ncnc(N(Cc3ccc(C(F)(F)F)cc3)C3CC3)c2F)CC1. The number of likely N-dealkylation sites (tertiary alicyclic amines) is 1. The number of nitrogens with one attached hydrogen (secondary N) is 1. The first-order valence-corrected chi connectivity index (χ1v) is 11.5. The Hall–Kier alpha value is -2.99. The first-order valence-electron chi connectivity index (χ1n) is 11.5. The number of nitrogens with zero attached hydrogens (tertiary/aromatic N) is 4. The number of primary amides is 1. The summed E-state index contributed by atoms with van der Waals surface area (Å²) < 4.78 is 54.1. The van der Waals surface area contributed by atoms with Gasteiger partial charge in [0.25, 0.3) is 0 Å². The molecule has 0 bridgehead atoms. The van der Waals surface area contributed by atoms with Crippen LogP contribution in [-0.4, -0.2) is 58.5 Å². The van der Waals surface area contributed by atoms with E-state index in [9.17, 15) is 18.0 Å². The van der Waals surface area contributed by atoms with E-state index < -0.39 is 23.1 Å². The highest BCUT2D eigenvalue weighted by molar-refractivity contribution is 5.75. The number of alkyl halides is 3. The van der Waals surface area contributed by atoms with Crippen molar-refractivity contribution in [2.45, 2.75) is 57.4 Å². The number of aromatic nitrogens is 2. The fourth-order valence-electron chi connectivity index (χ4n) is 4.26. The van der Waals surface area contributed by atoms with Crippen molar-refractivity contribution in [2.24, 2.45) is 11.5 Å². The summed E-state index contributed by atoms with van der Waals surface area (Å²) in [7, 11) is 0. The predicted octanol–water partition coefficient (Wildman–Crippen LogP) is 3.13. The predicted molar refractivity (Wildman–Crippen MR) is 130 cm³/mol. The zero-order valence-electron chi connectivity index (χ0n) is 19.2. The molecule has 4 rings (SSSR count). The number of nitrogens with two attached hydrogens (primary N) is 2. The third-order valence-electron chi connectivity index (χ3n) is 6.50. The lowest BCUT2D eigenvalue weighted by atomic mass is 9.88. The summed E-state index contributed by atoms with van der Waals surface area (Å²) in [4.78, 5) is 23.0. The van der Waals surface area contributed by atoms with Crippen LogP contribution in [0.3, 0.4) is 0 Å². The molecule has 198 valence electrons. The summed E-state index contributed by atoms with van der Waals surface area (Å²) in [6.45, 7) is 1.92. The standard InChI is InChI=1S/C23H29F4N7O.CH4/c24-19-20(30-13-22(29)7-9-33(10-8-22)12-18(28)35)31-14-32-21(19)34(17-5-6-17)11-15-1-3-16(4-2-15)23(25,26)27;/h1-4,14,17H,5-13,29H2,(H2,28,35)(H,30,31,32);1H4. The van der Waals surface area contributed by atoms with Gasteiger partial charge >= 0.3 is 6.18 Å². The fourth-order valence-corrected chi connectivity index (χ4v) is 4.26. The van der Waals surface area contributed by atoms with E-state index in [1.807, 2.05) is 4.90 Å². The van der Waals surface area contributed by atoms with Crippen molar-refractivity contribution >= 4 is 17.5 Å². The molecule has 12 heteroatoms. The summed E-state index contributed by atoms with van der Waals surface area (Å²) in [6, 6.07) is 4.92. The minimum absolute atomic E-state index is 0. The van der Waals surface area contributed by atoms with Gasteiger partial charge in [-0.15, -0.1) is 0 Å². The number of rotatable bonds is 9. The van der Waals surface area contributed by atoms with Crippen molar-refractivity contribution < 1.29 is 22.4 Å². The van der Waals surface area contributed by atoms with Gasteiger partial charge in [-0.1, -0.05) is 19.6 Å². The van der Waals surface area contributed by atoms with E-state index >= 15 is 4.39 Å². The molecule has 36 heavy (non-hydrogen) atoms. The van der Waals surface area contributed by atoms with Crippen LogP contribution < -0.4 is 21.7 Å². The molecule has 1 aliphatic carbocycles. The lowest BCUT2D eigenvalue weighted by Crippen LogP contribution is -2.55. The molecule has 1 saturated heterocycles. The van der Waals surface area contributed by atoms with Gasteiger partial charge < -0.3 is 21.7 Å². The van der Waals surface area contributed by atoms with E-state index in [1.165, 1.54) is 18.5 Å². The maximum Gasteiger partial charge on any atom is 0.416 e. The van der Waals surface area contributed by atoms with Crippen molar-refractivity contribution in [1.29, 1.82) is 0 Å². The summed E-state index contributed by atoms with van der Waals surface area (Å²) in [5, 5.41) is 3.01. The second kappa shape index (κ2) is 11.0. The highest BCUT2D eigenvalue weighted by Gasteiger charge is 2.35. The average molecular weight is 512 g/mol. The van der Waals surface area contributed by atoms with E-state index in [-0.39, 0.29) is 50.6 Å². The van der Waals surface area contributed by atoms with Crippen LogP contribution >= 0.6 is 0 Å². The highest BCUT2D eigenvalue weighted by Crippen LogP contribution is 2.35. The van der Waals surface area contributed by atoms with E-state index in [0.29, 0.717) is 31.5 Å². The summed E-state index contributed by atoms with van der Waals surface area (Å²) in [5.74, 6) is -0.884. The van der Waals surface area contributed by atoms with Crippen LogP contribution in [0.2, 0.25) is 0 Å². The van der Waals surface area contributed by atoms with Crippen molar-refractivity contribution in [3.05, 3.63) is 47.5 Å². The van der Waals surface area contributed by atoms with Gasteiger partial charge in [0.15, 0.2) is 11.6 Å². The van der Waals surface area contributed by atoms with Gasteiger partial charge in [-0.2, -0.15) is 17.6 Å². The Morgan fingerprint density at radius 1 is 1.17 bits per heavy atom. The number of benzene rings is 1. The third-order valence-corrected chi connectivity index (χ3v) is 6.50. The van der Waals surface area contributed by atoms with Crippen molar-refractivity contribution in [3.63, 3.8) is 0 Å². The van der Waals surface area contributed by atoms with Crippen molar-refractivity contribution in [2.75, 3.05) is 36.4 Å². The van der Waals surface area contributed by atoms with Gasteiger partial charge in [-0.3, -0.25) is 9.69 Å². The van der Waals surface area contributed by atoms with Crippen LogP contribution in [-0.2, 0) is 17.5 Å². The Balaban J connectivity index is 0.00000361. The van der Waals surface area contributed by atoms with Crippen molar-refractivity contribution in [3.8, 4) is 0 Å². The molecule has 2 fully saturated rings. The summed E-state index contributed by atoms with van der Waals surface area (Å²) in [5.41, 5.74) is 11.0. The molecule has 1 saturated carbocycles. The number of halogens is 4. The molecule has 1 aromatic heterocycles. The quantitative estimate of drug-likeness (QED) is 0.444. The van der Waals surface area contributed by atoms with Crippen LogP contribution in [0.4, 0.5) is 29.2 Å². The van der Waals surface area contributed by atoms with Gasteiger partial charge in [0.2, 0.25) is 11.7 Å². The van der Waals surface area contributed by atoms with Gasteiger partial charge in [0.1, 0.15) is 6.33 Å². The number of hydrogen-bond acceptors (Lipinski definition) is 7. The lowest BCUT2D eigenvalue weighted by molar-refractivity contribution is -0.137. The zero-order valence-corrected chi connectivity index (χ0v) is 19.2. The smallest absolute Gasteiger partial charge is 0.369 e. The largest absolute Gasteiger partial charge is 0.416 e. The second-order valence-electron chi connectivity index (χ2n) is 9.37. The van der Waals surface area contributed by atoms with Crippen LogP contribution in [0.15, 0.2) is 30.6 Å². The van der Waals surface area contributed by atoms with E-state index in [2.05, 4.69) is 15.3 Å². The minimum Gasteiger partial charge on any atom is -0.369 e. The number of hydrogen-bond donors (Lipinski definition) is 3. The molecular weight excluding hydrogens is 478 g/mol. The average Bonchev–Trinajstić information content (AvgIpc) is 3.64. The number of piperidine rings is 1. The Morgan fingerprint density at radius 2 is 1.81 bits per heavy atom. The molecular formula is C24H33F4N7O. The van der Waals surface area contributed by atoms with E-state index in [4.69, 9.17) is 11.5 Å². The van der Waals surface area contributed by atoms with E-state index in [1.54, 1.807) is 4.90 Å². The first-order chi connectivity index (χ1) is 16.5. The fraction of sp³-hybridized carbons (Fsp3) is 0.542. The number of carbonyl (C=O) groups is 1. The summed E-state index contributed by atoms with van der Waals surface area (Å²) in [6.07, 6.45) is -0.237. The maximum absolute atomic E-state index is 15.4. The molecule has 0 unspecified atom stereocenters. The normalized spacial score (nSPS) is 17.8. The third kappa shape index (κ3) is 6.82. The highest BCUT2D eigenvalue weighted by atomic mass is 19.4. The zero-order chi connectivity index (χ0) is 25.2. The molecule has 2 aliphatic rings. The Labute approximate surface area is 208 Å². The Bertz CT molecular complexity index is 1040. The number of carbonyl (C=O) groups excluding carboxylic acids is 1. The van der Waals surface area contributed by atoms with Crippen molar-refractivity contribution in [1.82, 2.24) is 14.9 Å². The van der Waals surface area contributed by atoms with Crippen LogP contribution in [0.1, 0.15) is 44.2 Å². The van der Waals surface area contributed by atoms with Gasteiger partial charge in [0.05, 0.1) is 12.1 Å². The Morgan fingerprint density at radius 3 is 2.36 bits per heavy atom. The van der Waals surface area contributed by atoms with Gasteiger partial charge in [-0.25, -0.2) is 9.97 Å². The molecule has 0 atom stereocenters. The topological polar surface area (TPSA) is 113 Å². The monoisotopic (exact) mass is 511 g/mol. The molecule has 1 aliphatic heterocycles. The second-order valence-corrected chi connectivity index (χ2v) is 9.37. The van der Waals surface area contributed by atoms with Crippen LogP contribution in [0, 0.1) is 5.82 Å².